The van der Waals surface area contributed by atoms with E-state index in [2.05, 4.69) is 16.7 Å². The molecule has 0 saturated carbocycles. The molecule has 7 heteroatoms. The Morgan fingerprint density at radius 1 is 0.833 bits per heavy atom. The third-order valence-corrected chi connectivity index (χ3v) is 7.20. The zero-order valence-electron chi connectivity index (χ0n) is 20.7. The SMILES string of the molecule is CCc1ccc(OC[C@@H](O)CN2CCN(CCN3C(=O)c4cccc5cccc(c45)C3=O)CC2)cc1. The van der Waals surface area contributed by atoms with E-state index in [4.69, 9.17) is 4.74 Å². The average Bonchev–Trinajstić information content (AvgIpc) is 2.91. The van der Waals surface area contributed by atoms with E-state index in [1.54, 1.807) is 0 Å². The molecule has 0 unspecified atom stereocenters. The second kappa shape index (κ2) is 10.8. The number of amides is 2. The van der Waals surface area contributed by atoms with Crippen molar-refractivity contribution in [2.75, 3.05) is 52.4 Å². The highest BCUT2D eigenvalue weighted by Crippen LogP contribution is 2.29. The Labute approximate surface area is 211 Å². The van der Waals surface area contributed by atoms with E-state index in [1.807, 2.05) is 60.7 Å². The topological polar surface area (TPSA) is 73.3 Å². The Balaban J connectivity index is 1.08. The number of β-amino-alcohol motifs (C(OH)–C–C–N with tert-alkyl or cyclic N) is 1. The van der Waals surface area contributed by atoms with Gasteiger partial charge in [0.05, 0.1) is 0 Å². The molecule has 2 aliphatic rings. The van der Waals surface area contributed by atoms with E-state index in [1.165, 1.54) is 10.5 Å². The number of benzene rings is 3. The van der Waals surface area contributed by atoms with Gasteiger partial charge < -0.3 is 9.84 Å². The van der Waals surface area contributed by atoms with Crippen LogP contribution in [0.15, 0.2) is 60.7 Å². The third kappa shape index (κ3) is 5.14. The fraction of sp³-hybridized carbons (Fsp3) is 0.379. The molecule has 1 atom stereocenters. The summed E-state index contributed by atoms with van der Waals surface area (Å²) in [6.07, 6.45) is 0.429. The first-order valence-electron chi connectivity index (χ1n) is 12.8. The normalized spacial score (nSPS) is 17.6. The van der Waals surface area contributed by atoms with Gasteiger partial charge in [0, 0.05) is 62.3 Å². The molecule has 3 aromatic rings. The molecule has 3 aromatic carbocycles. The fourth-order valence-electron chi connectivity index (χ4n) is 5.08. The largest absolute Gasteiger partial charge is 0.491 e. The first kappa shape index (κ1) is 24.4. The lowest BCUT2D eigenvalue weighted by Crippen LogP contribution is -2.51. The minimum absolute atomic E-state index is 0.213. The van der Waals surface area contributed by atoms with Crippen LogP contribution in [0.25, 0.3) is 10.8 Å². The van der Waals surface area contributed by atoms with Crippen molar-refractivity contribution in [3.8, 4) is 5.75 Å². The van der Waals surface area contributed by atoms with Gasteiger partial charge in [0.1, 0.15) is 18.5 Å². The summed E-state index contributed by atoms with van der Waals surface area (Å²) in [5.41, 5.74) is 2.46. The first-order valence-corrected chi connectivity index (χ1v) is 12.8. The lowest BCUT2D eigenvalue weighted by Gasteiger charge is -2.36. The number of ether oxygens (including phenoxy) is 1. The minimum atomic E-state index is -0.561. The summed E-state index contributed by atoms with van der Waals surface area (Å²) in [6.45, 7) is 7.26. The van der Waals surface area contributed by atoms with E-state index in [9.17, 15) is 14.7 Å². The van der Waals surface area contributed by atoms with Crippen molar-refractivity contribution in [3.05, 3.63) is 77.4 Å². The van der Waals surface area contributed by atoms with E-state index < -0.39 is 6.10 Å². The fourth-order valence-corrected chi connectivity index (χ4v) is 5.08. The predicted molar refractivity (Wildman–Crippen MR) is 140 cm³/mol. The number of piperazine rings is 1. The lowest BCUT2D eigenvalue weighted by atomic mass is 9.94. The second-order valence-electron chi connectivity index (χ2n) is 9.58. The van der Waals surface area contributed by atoms with Crippen LogP contribution in [0.3, 0.4) is 0 Å². The van der Waals surface area contributed by atoms with Gasteiger partial charge in [-0.3, -0.25) is 24.3 Å². The van der Waals surface area contributed by atoms with Crippen LogP contribution in [0.5, 0.6) is 5.75 Å². The summed E-state index contributed by atoms with van der Waals surface area (Å²) in [5.74, 6) is 0.350. The quantitative estimate of drug-likeness (QED) is 0.468. The van der Waals surface area contributed by atoms with E-state index in [-0.39, 0.29) is 18.4 Å². The molecule has 0 aromatic heterocycles. The van der Waals surface area contributed by atoms with E-state index in [0.29, 0.717) is 30.8 Å². The van der Waals surface area contributed by atoms with Crippen LogP contribution in [0.4, 0.5) is 0 Å². The van der Waals surface area contributed by atoms with E-state index >= 15 is 0 Å². The van der Waals surface area contributed by atoms with Crippen molar-refractivity contribution in [1.82, 2.24) is 14.7 Å². The number of imide groups is 1. The van der Waals surface area contributed by atoms with Crippen molar-refractivity contribution >= 4 is 22.6 Å². The molecule has 0 bridgehead atoms. The molecule has 2 heterocycles. The highest BCUT2D eigenvalue weighted by molar-refractivity contribution is 6.25. The van der Waals surface area contributed by atoms with Gasteiger partial charge in [-0.25, -0.2) is 0 Å². The van der Waals surface area contributed by atoms with Gasteiger partial charge in [0.2, 0.25) is 0 Å². The molecule has 1 saturated heterocycles. The molecule has 188 valence electrons. The van der Waals surface area contributed by atoms with Gasteiger partial charge in [-0.15, -0.1) is 0 Å². The van der Waals surface area contributed by atoms with Crippen LogP contribution in [0, 0.1) is 0 Å². The van der Waals surface area contributed by atoms with Crippen LogP contribution < -0.4 is 4.74 Å². The standard InChI is InChI=1S/C29H33N3O4/c1-2-21-9-11-24(12-10-21)36-20-23(33)19-31-15-13-30(14-16-31)17-18-32-28(34)25-7-3-5-22-6-4-8-26(27(22)25)29(32)35/h3-12,23,33H,2,13-20H2,1H3/t23-/m0/s1. The van der Waals surface area contributed by atoms with Gasteiger partial charge in [-0.1, -0.05) is 43.3 Å². The second-order valence-corrected chi connectivity index (χ2v) is 9.58. The molecule has 1 N–H and O–H groups in total. The number of hydrogen-bond donors (Lipinski definition) is 1. The molecule has 5 rings (SSSR count). The molecule has 0 aliphatic carbocycles. The Morgan fingerprint density at radius 2 is 1.44 bits per heavy atom. The number of hydrogen-bond acceptors (Lipinski definition) is 6. The maximum Gasteiger partial charge on any atom is 0.261 e. The smallest absolute Gasteiger partial charge is 0.261 e. The number of carbonyl (C=O) groups is 2. The summed E-state index contributed by atoms with van der Waals surface area (Å²) < 4.78 is 5.75. The lowest BCUT2D eigenvalue weighted by molar-refractivity contribution is 0.0416. The minimum Gasteiger partial charge on any atom is -0.491 e. The summed E-state index contributed by atoms with van der Waals surface area (Å²) in [5, 5.41) is 12.1. The number of aryl methyl sites for hydroxylation is 1. The Kier molecular flexibility index (Phi) is 7.32. The molecular weight excluding hydrogens is 454 g/mol. The van der Waals surface area contributed by atoms with Crippen molar-refractivity contribution < 1.29 is 19.4 Å². The van der Waals surface area contributed by atoms with Crippen molar-refractivity contribution in [3.63, 3.8) is 0 Å². The third-order valence-electron chi connectivity index (χ3n) is 7.20. The molecule has 2 amide bonds. The van der Waals surface area contributed by atoms with Gasteiger partial charge in [0.15, 0.2) is 0 Å². The summed E-state index contributed by atoms with van der Waals surface area (Å²) in [6, 6.07) is 19.2. The Morgan fingerprint density at radius 3 is 2.06 bits per heavy atom. The number of rotatable bonds is 9. The van der Waals surface area contributed by atoms with Crippen molar-refractivity contribution in [1.29, 1.82) is 0 Å². The molecule has 1 fully saturated rings. The Hall–Kier alpha value is -3.26. The monoisotopic (exact) mass is 487 g/mol. The average molecular weight is 488 g/mol. The van der Waals surface area contributed by atoms with Crippen LogP contribution >= 0.6 is 0 Å². The first-order chi connectivity index (χ1) is 17.5. The maximum absolute atomic E-state index is 13.1. The molecule has 7 nitrogen and oxygen atoms in total. The zero-order chi connectivity index (χ0) is 25.1. The number of aliphatic hydroxyl groups is 1. The number of nitrogens with zero attached hydrogens (tertiary/aromatic N) is 3. The van der Waals surface area contributed by atoms with Crippen LogP contribution in [0.2, 0.25) is 0 Å². The summed E-state index contributed by atoms with van der Waals surface area (Å²) >= 11 is 0. The predicted octanol–water partition coefficient (Wildman–Crippen LogP) is 3.06. The van der Waals surface area contributed by atoms with Crippen LogP contribution in [0.1, 0.15) is 33.2 Å². The highest BCUT2D eigenvalue weighted by atomic mass is 16.5. The van der Waals surface area contributed by atoms with Gasteiger partial charge >= 0.3 is 0 Å². The van der Waals surface area contributed by atoms with Crippen molar-refractivity contribution in [2.45, 2.75) is 19.4 Å². The summed E-state index contributed by atoms with van der Waals surface area (Å²) in [7, 11) is 0. The zero-order valence-corrected chi connectivity index (χ0v) is 20.7. The molecule has 2 aliphatic heterocycles. The van der Waals surface area contributed by atoms with Crippen LogP contribution in [-0.2, 0) is 6.42 Å². The van der Waals surface area contributed by atoms with Gasteiger partial charge in [0.25, 0.3) is 11.8 Å². The highest BCUT2D eigenvalue weighted by Gasteiger charge is 2.33. The summed E-state index contributed by atoms with van der Waals surface area (Å²) in [4.78, 5) is 32.1. The molecule has 0 radical (unpaired) electrons. The van der Waals surface area contributed by atoms with Crippen LogP contribution in [-0.4, -0.2) is 90.1 Å². The molecule has 36 heavy (non-hydrogen) atoms. The van der Waals surface area contributed by atoms with E-state index in [0.717, 1.165) is 49.1 Å². The number of carbonyl (C=O) groups excluding carboxylic acids is 2. The number of aliphatic hydroxyl groups excluding tert-OH is 1. The van der Waals surface area contributed by atoms with Crippen molar-refractivity contribution in [2.24, 2.45) is 0 Å². The molecule has 0 spiro atoms. The Bertz CT molecular complexity index is 1180. The maximum atomic E-state index is 13.1. The molecular formula is C29H33N3O4. The van der Waals surface area contributed by atoms with Gasteiger partial charge in [-0.05, 0) is 41.6 Å². The van der Waals surface area contributed by atoms with Gasteiger partial charge in [-0.2, -0.15) is 0 Å².